The summed E-state index contributed by atoms with van der Waals surface area (Å²) in [6, 6.07) is 0.792. The molecule has 19 heavy (non-hydrogen) atoms. The minimum Gasteiger partial charge on any atom is -0.473 e. The van der Waals surface area contributed by atoms with E-state index in [9.17, 15) is 0 Å². The lowest BCUT2D eigenvalue weighted by molar-refractivity contribution is -0.159. The van der Waals surface area contributed by atoms with E-state index in [4.69, 9.17) is 19.8 Å². The van der Waals surface area contributed by atoms with Crippen molar-refractivity contribution in [3.05, 3.63) is 0 Å². The number of carbonyl (C=O) groups is 2. The Morgan fingerprint density at radius 3 is 2.21 bits per heavy atom. The van der Waals surface area contributed by atoms with Crippen molar-refractivity contribution in [1.29, 1.82) is 0 Å². The molecule has 0 aromatic rings. The standard InChI is InChI=1S/C11H22N2.C2H2O4/c1-2-6-11(12-7-3-1)10-13-8-4-5-9-13;3-1(4)2(5)6/h11-12H,1-10H2;(H,3,4)(H,5,6). The summed E-state index contributed by atoms with van der Waals surface area (Å²) in [5.41, 5.74) is 0. The first kappa shape index (κ1) is 15.9. The van der Waals surface area contributed by atoms with Gasteiger partial charge in [0.15, 0.2) is 0 Å². The summed E-state index contributed by atoms with van der Waals surface area (Å²) in [4.78, 5) is 20.8. The van der Waals surface area contributed by atoms with Crippen LogP contribution in [0, 0.1) is 0 Å². The van der Waals surface area contributed by atoms with Crippen LogP contribution >= 0.6 is 0 Å². The van der Waals surface area contributed by atoms with Crippen molar-refractivity contribution in [3.63, 3.8) is 0 Å². The first-order valence-corrected chi connectivity index (χ1v) is 7.01. The van der Waals surface area contributed by atoms with Gasteiger partial charge < -0.3 is 20.4 Å². The maximum absolute atomic E-state index is 9.10. The lowest BCUT2D eigenvalue weighted by atomic mass is 10.1. The Kier molecular flexibility index (Phi) is 7.43. The fraction of sp³-hybridized carbons (Fsp3) is 0.846. The Labute approximate surface area is 113 Å². The van der Waals surface area contributed by atoms with E-state index in [2.05, 4.69) is 10.2 Å². The molecule has 2 heterocycles. The quantitative estimate of drug-likeness (QED) is 0.643. The number of likely N-dealkylation sites (tertiary alicyclic amines) is 1. The van der Waals surface area contributed by atoms with Gasteiger partial charge in [-0.1, -0.05) is 12.8 Å². The van der Waals surface area contributed by atoms with Crippen LogP contribution in [0.25, 0.3) is 0 Å². The fourth-order valence-electron chi connectivity index (χ4n) is 2.53. The lowest BCUT2D eigenvalue weighted by Crippen LogP contribution is -2.39. The third kappa shape index (κ3) is 7.12. The van der Waals surface area contributed by atoms with Gasteiger partial charge in [0.1, 0.15) is 0 Å². The molecule has 6 nitrogen and oxygen atoms in total. The average molecular weight is 272 g/mol. The summed E-state index contributed by atoms with van der Waals surface area (Å²) in [6.45, 7) is 5.24. The molecule has 1 unspecified atom stereocenters. The van der Waals surface area contributed by atoms with E-state index in [1.807, 2.05) is 0 Å². The van der Waals surface area contributed by atoms with Gasteiger partial charge in [-0.3, -0.25) is 0 Å². The van der Waals surface area contributed by atoms with Crippen LogP contribution in [0.3, 0.4) is 0 Å². The summed E-state index contributed by atoms with van der Waals surface area (Å²) >= 11 is 0. The average Bonchev–Trinajstić information content (AvgIpc) is 2.73. The van der Waals surface area contributed by atoms with E-state index in [0.29, 0.717) is 0 Å². The Balaban J connectivity index is 0.000000258. The van der Waals surface area contributed by atoms with Crippen molar-refractivity contribution in [2.75, 3.05) is 26.2 Å². The maximum Gasteiger partial charge on any atom is 0.414 e. The zero-order valence-electron chi connectivity index (χ0n) is 11.3. The lowest BCUT2D eigenvalue weighted by Gasteiger charge is -2.22. The van der Waals surface area contributed by atoms with Crippen molar-refractivity contribution in [3.8, 4) is 0 Å². The minimum atomic E-state index is -1.82. The Morgan fingerprint density at radius 1 is 1.00 bits per heavy atom. The maximum atomic E-state index is 9.10. The van der Waals surface area contributed by atoms with Crippen molar-refractivity contribution in [2.45, 2.75) is 44.6 Å². The van der Waals surface area contributed by atoms with Crippen LogP contribution in [-0.4, -0.2) is 59.3 Å². The highest BCUT2D eigenvalue weighted by molar-refractivity contribution is 6.27. The second kappa shape index (κ2) is 8.87. The van der Waals surface area contributed by atoms with Crippen LogP contribution in [0.4, 0.5) is 0 Å². The van der Waals surface area contributed by atoms with Gasteiger partial charge in [0.05, 0.1) is 0 Å². The van der Waals surface area contributed by atoms with E-state index < -0.39 is 11.9 Å². The summed E-state index contributed by atoms with van der Waals surface area (Å²) < 4.78 is 0. The molecule has 0 bridgehead atoms. The zero-order valence-corrected chi connectivity index (χ0v) is 11.3. The predicted molar refractivity (Wildman–Crippen MR) is 71.2 cm³/mol. The van der Waals surface area contributed by atoms with Crippen LogP contribution in [0.2, 0.25) is 0 Å². The summed E-state index contributed by atoms with van der Waals surface area (Å²) in [6.07, 6.45) is 8.50. The van der Waals surface area contributed by atoms with Gasteiger partial charge in [0.2, 0.25) is 0 Å². The molecular formula is C13H24N2O4. The third-order valence-corrected chi connectivity index (χ3v) is 3.52. The third-order valence-electron chi connectivity index (χ3n) is 3.52. The number of hydrogen-bond acceptors (Lipinski definition) is 4. The van der Waals surface area contributed by atoms with Crippen LogP contribution in [0.1, 0.15) is 38.5 Å². The molecule has 0 radical (unpaired) electrons. The van der Waals surface area contributed by atoms with Crippen molar-refractivity contribution in [2.24, 2.45) is 0 Å². The van der Waals surface area contributed by atoms with Crippen LogP contribution < -0.4 is 5.32 Å². The smallest absolute Gasteiger partial charge is 0.414 e. The van der Waals surface area contributed by atoms with Gasteiger partial charge >= 0.3 is 11.9 Å². The molecule has 110 valence electrons. The molecule has 6 heteroatoms. The van der Waals surface area contributed by atoms with E-state index >= 15 is 0 Å². The molecule has 0 amide bonds. The van der Waals surface area contributed by atoms with Crippen molar-refractivity contribution in [1.82, 2.24) is 10.2 Å². The normalized spacial score (nSPS) is 24.1. The zero-order chi connectivity index (χ0) is 14.1. The minimum absolute atomic E-state index is 0.792. The number of hydrogen-bond donors (Lipinski definition) is 3. The fourth-order valence-corrected chi connectivity index (χ4v) is 2.53. The largest absolute Gasteiger partial charge is 0.473 e. The number of carboxylic acids is 2. The number of carboxylic acid groups (broad SMARTS) is 2. The molecule has 1 atom stereocenters. The van der Waals surface area contributed by atoms with Gasteiger partial charge in [0.25, 0.3) is 0 Å². The molecule has 2 rings (SSSR count). The number of rotatable bonds is 2. The molecule has 0 saturated carbocycles. The first-order valence-electron chi connectivity index (χ1n) is 7.01. The topological polar surface area (TPSA) is 89.9 Å². The Bertz CT molecular complexity index is 270. The predicted octanol–water partition coefficient (Wildman–Crippen LogP) is 0.770. The monoisotopic (exact) mass is 272 g/mol. The number of nitrogens with zero attached hydrogens (tertiary/aromatic N) is 1. The second-order valence-electron chi connectivity index (χ2n) is 5.12. The molecule has 2 saturated heterocycles. The molecule has 2 aliphatic heterocycles. The van der Waals surface area contributed by atoms with E-state index in [1.165, 1.54) is 64.7 Å². The molecule has 0 aliphatic carbocycles. The number of aliphatic carboxylic acids is 2. The molecule has 2 fully saturated rings. The molecule has 0 spiro atoms. The number of nitrogens with one attached hydrogen (secondary N) is 1. The van der Waals surface area contributed by atoms with Crippen LogP contribution in [0.15, 0.2) is 0 Å². The Morgan fingerprint density at radius 2 is 1.63 bits per heavy atom. The molecule has 0 aromatic carbocycles. The van der Waals surface area contributed by atoms with Gasteiger partial charge in [-0.2, -0.15) is 0 Å². The van der Waals surface area contributed by atoms with Crippen LogP contribution in [-0.2, 0) is 9.59 Å². The summed E-state index contributed by atoms with van der Waals surface area (Å²) in [5, 5.41) is 18.4. The Hall–Kier alpha value is -1.14. The second-order valence-corrected chi connectivity index (χ2v) is 5.12. The molecule has 3 N–H and O–H groups in total. The van der Waals surface area contributed by atoms with E-state index in [-0.39, 0.29) is 0 Å². The van der Waals surface area contributed by atoms with Gasteiger partial charge in [-0.15, -0.1) is 0 Å². The van der Waals surface area contributed by atoms with Crippen molar-refractivity contribution < 1.29 is 19.8 Å². The van der Waals surface area contributed by atoms with Crippen molar-refractivity contribution >= 4 is 11.9 Å². The first-order chi connectivity index (χ1) is 9.09. The van der Waals surface area contributed by atoms with E-state index in [0.717, 1.165) is 6.04 Å². The summed E-state index contributed by atoms with van der Waals surface area (Å²) in [7, 11) is 0. The van der Waals surface area contributed by atoms with Crippen LogP contribution in [0.5, 0.6) is 0 Å². The highest BCUT2D eigenvalue weighted by atomic mass is 16.4. The molecule has 2 aliphatic rings. The summed E-state index contributed by atoms with van der Waals surface area (Å²) in [5.74, 6) is -3.65. The van der Waals surface area contributed by atoms with Gasteiger partial charge in [-0.05, 0) is 45.3 Å². The highest BCUT2D eigenvalue weighted by Crippen LogP contribution is 2.13. The molecule has 0 aromatic heterocycles. The molecular weight excluding hydrogens is 248 g/mol. The SMILES string of the molecule is C1CCNC(CN2CCCC2)CC1.O=C(O)C(=O)O. The highest BCUT2D eigenvalue weighted by Gasteiger charge is 2.17. The van der Waals surface area contributed by atoms with Gasteiger partial charge in [-0.25, -0.2) is 9.59 Å². The van der Waals surface area contributed by atoms with Gasteiger partial charge in [0, 0.05) is 12.6 Å². The van der Waals surface area contributed by atoms with E-state index in [1.54, 1.807) is 0 Å².